The third-order valence-electron chi connectivity index (χ3n) is 4.99. The molecule has 1 spiro atoms. The average Bonchev–Trinajstić information content (AvgIpc) is 3.20. The van der Waals surface area contributed by atoms with E-state index in [0.717, 1.165) is 18.9 Å². The third-order valence-corrected chi connectivity index (χ3v) is 4.99. The minimum atomic E-state index is -0.384. The van der Waals surface area contributed by atoms with E-state index in [0.29, 0.717) is 24.4 Å². The second kappa shape index (κ2) is 5.65. The van der Waals surface area contributed by atoms with Crippen LogP contribution in [0.25, 0.3) is 0 Å². The minimum absolute atomic E-state index is 0.0641. The number of rotatable bonds is 4. The first-order valence-corrected chi connectivity index (χ1v) is 8.54. The Kier molecular flexibility index (Phi) is 3.58. The fraction of sp³-hybridized carbons (Fsp3) is 0.588. The van der Waals surface area contributed by atoms with E-state index >= 15 is 0 Å². The summed E-state index contributed by atoms with van der Waals surface area (Å²) in [6, 6.07) is 0. The molecule has 7 nitrogen and oxygen atoms in total. The van der Waals surface area contributed by atoms with Crippen LogP contribution in [0, 0.1) is 5.41 Å². The molecule has 0 amide bonds. The van der Waals surface area contributed by atoms with Crippen molar-refractivity contribution in [2.24, 2.45) is 10.4 Å². The first kappa shape index (κ1) is 15.2. The first-order chi connectivity index (χ1) is 11.6. The topological polar surface area (TPSA) is 63.0 Å². The molecule has 2 aliphatic heterocycles. The summed E-state index contributed by atoms with van der Waals surface area (Å²) in [5.41, 5.74) is 0.974. The monoisotopic (exact) mass is 329 g/mol. The van der Waals surface area contributed by atoms with Crippen LogP contribution in [0.2, 0.25) is 0 Å². The van der Waals surface area contributed by atoms with E-state index in [2.05, 4.69) is 34.0 Å². The van der Waals surface area contributed by atoms with Gasteiger partial charge in [0.1, 0.15) is 12.0 Å². The van der Waals surface area contributed by atoms with E-state index in [1.54, 1.807) is 19.4 Å². The molecule has 3 aliphatic rings. The number of carbonyl (C=O) groups excluding carboxylic acids is 1. The van der Waals surface area contributed by atoms with Crippen molar-refractivity contribution in [3.8, 4) is 0 Å². The molecule has 1 aliphatic carbocycles. The maximum atomic E-state index is 11.7. The molecule has 1 atom stereocenters. The van der Waals surface area contributed by atoms with Crippen LogP contribution in [0.4, 0.5) is 0 Å². The molecule has 7 heteroatoms. The van der Waals surface area contributed by atoms with Gasteiger partial charge in [-0.3, -0.25) is 0 Å². The standard InChI is InChI=1S/C17H23N5O2/c1-3-24-16(23)14-8-20(11-18-14)12-21-7-4-15(19-13(21)2)22-9-17(10-22)5-6-17/h4,7-8,11,13H,3,5-6,9-10,12H2,1-2H3. The predicted molar refractivity (Wildman–Crippen MR) is 89.3 cm³/mol. The highest BCUT2D eigenvalue weighted by Gasteiger charge is 2.53. The van der Waals surface area contributed by atoms with Crippen molar-refractivity contribution in [3.05, 3.63) is 30.5 Å². The maximum absolute atomic E-state index is 11.7. The van der Waals surface area contributed by atoms with Crippen molar-refractivity contribution in [1.82, 2.24) is 19.4 Å². The smallest absolute Gasteiger partial charge is 0.358 e. The Hall–Kier alpha value is -2.31. The highest BCUT2D eigenvalue weighted by Crippen LogP contribution is 2.53. The number of imidazole rings is 1. The van der Waals surface area contributed by atoms with Gasteiger partial charge in [0.05, 0.1) is 19.6 Å². The van der Waals surface area contributed by atoms with Crippen molar-refractivity contribution in [1.29, 1.82) is 0 Å². The van der Waals surface area contributed by atoms with Gasteiger partial charge in [0.2, 0.25) is 0 Å². The molecule has 0 aromatic carbocycles. The van der Waals surface area contributed by atoms with Gasteiger partial charge in [0, 0.05) is 30.9 Å². The zero-order chi connectivity index (χ0) is 16.7. The van der Waals surface area contributed by atoms with Gasteiger partial charge >= 0.3 is 5.97 Å². The normalized spacial score (nSPS) is 23.9. The van der Waals surface area contributed by atoms with Crippen LogP contribution in [0.1, 0.15) is 37.2 Å². The number of carbonyl (C=O) groups is 1. The molecule has 1 saturated carbocycles. The van der Waals surface area contributed by atoms with Gasteiger partial charge in [-0.15, -0.1) is 0 Å². The minimum Gasteiger partial charge on any atom is -0.461 e. The lowest BCUT2D eigenvalue weighted by Crippen LogP contribution is -2.52. The summed E-state index contributed by atoms with van der Waals surface area (Å²) >= 11 is 0. The zero-order valence-corrected chi connectivity index (χ0v) is 14.2. The quantitative estimate of drug-likeness (QED) is 0.787. The number of aromatic nitrogens is 2. The molecule has 0 radical (unpaired) electrons. The number of nitrogens with zero attached hydrogens (tertiary/aromatic N) is 5. The zero-order valence-electron chi connectivity index (χ0n) is 14.2. The molecular formula is C17H23N5O2. The number of amidine groups is 1. The molecule has 1 unspecified atom stereocenters. The Morgan fingerprint density at radius 2 is 2.21 bits per heavy atom. The molecule has 128 valence electrons. The predicted octanol–water partition coefficient (Wildman–Crippen LogP) is 1.69. The molecule has 1 aromatic heterocycles. The van der Waals surface area contributed by atoms with Crippen molar-refractivity contribution < 1.29 is 9.53 Å². The molecule has 2 fully saturated rings. The van der Waals surface area contributed by atoms with Gasteiger partial charge in [-0.1, -0.05) is 0 Å². The highest BCUT2D eigenvalue weighted by molar-refractivity contribution is 5.94. The lowest BCUT2D eigenvalue weighted by Gasteiger charge is -2.43. The maximum Gasteiger partial charge on any atom is 0.358 e. The van der Waals surface area contributed by atoms with Gasteiger partial charge in [-0.25, -0.2) is 14.8 Å². The van der Waals surface area contributed by atoms with E-state index in [4.69, 9.17) is 9.73 Å². The van der Waals surface area contributed by atoms with Gasteiger partial charge in [-0.2, -0.15) is 0 Å². The summed E-state index contributed by atoms with van der Waals surface area (Å²) in [6.07, 6.45) is 10.3. The van der Waals surface area contributed by atoms with E-state index in [1.165, 1.54) is 12.8 Å². The van der Waals surface area contributed by atoms with Gasteiger partial charge in [0.15, 0.2) is 5.69 Å². The fourth-order valence-electron chi connectivity index (χ4n) is 3.30. The fourth-order valence-corrected chi connectivity index (χ4v) is 3.30. The number of esters is 1. The Bertz CT molecular complexity index is 696. The summed E-state index contributed by atoms with van der Waals surface area (Å²) < 4.78 is 6.84. The summed E-state index contributed by atoms with van der Waals surface area (Å²) in [7, 11) is 0. The Morgan fingerprint density at radius 3 is 2.88 bits per heavy atom. The summed E-state index contributed by atoms with van der Waals surface area (Å²) in [4.78, 5) is 25.1. The first-order valence-electron chi connectivity index (χ1n) is 8.54. The van der Waals surface area contributed by atoms with E-state index in [1.807, 2.05) is 4.57 Å². The van der Waals surface area contributed by atoms with Crippen LogP contribution in [0.5, 0.6) is 0 Å². The molecule has 4 rings (SSSR count). The van der Waals surface area contributed by atoms with Crippen LogP contribution in [-0.2, 0) is 11.4 Å². The van der Waals surface area contributed by atoms with Crippen LogP contribution in [-0.4, -0.2) is 57.0 Å². The molecule has 1 saturated heterocycles. The van der Waals surface area contributed by atoms with Crippen LogP contribution in [0.15, 0.2) is 29.8 Å². The second-order valence-electron chi connectivity index (χ2n) is 6.94. The molecule has 3 heterocycles. The Balaban J connectivity index is 1.35. The van der Waals surface area contributed by atoms with Crippen LogP contribution in [0.3, 0.4) is 0 Å². The number of hydrogen-bond donors (Lipinski definition) is 0. The number of aliphatic imine (C=N–C) groups is 1. The van der Waals surface area contributed by atoms with Crippen molar-refractivity contribution in [2.75, 3.05) is 19.7 Å². The van der Waals surface area contributed by atoms with Gasteiger partial charge in [-0.05, 0) is 32.8 Å². The molecule has 0 bridgehead atoms. The lowest BCUT2D eigenvalue weighted by molar-refractivity contribution is 0.0520. The molecular weight excluding hydrogens is 306 g/mol. The van der Waals surface area contributed by atoms with Crippen molar-refractivity contribution in [3.63, 3.8) is 0 Å². The molecule has 0 N–H and O–H groups in total. The summed E-state index contributed by atoms with van der Waals surface area (Å²) in [5, 5.41) is 0. The van der Waals surface area contributed by atoms with E-state index in [-0.39, 0.29) is 12.1 Å². The number of likely N-dealkylation sites (tertiary alicyclic amines) is 1. The molecule has 24 heavy (non-hydrogen) atoms. The SMILES string of the molecule is CCOC(=O)c1cn(CN2C=CC(N3CC4(CC4)C3)=NC2C)cn1. The van der Waals surface area contributed by atoms with Gasteiger partial charge in [0.25, 0.3) is 0 Å². The Labute approximate surface area is 141 Å². The van der Waals surface area contributed by atoms with Crippen molar-refractivity contribution in [2.45, 2.75) is 39.5 Å². The average molecular weight is 329 g/mol. The Morgan fingerprint density at radius 1 is 1.42 bits per heavy atom. The highest BCUT2D eigenvalue weighted by atomic mass is 16.5. The van der Waals surface area contributed by atoms with E-state index in [9.17, 15) is 4.79 Å². The number of hydrogen-bond acceptors (Lipinski definition) is 6. The van der Waals surface area contributed by atoms with Gasteiger partial charge < -0.3 is 19.1 Å². The van der Waals surface area contributed by atoms with E-state index < -0.39 is 0 Å². The second-order valence-corrected chi connectivity index (χ2v) is 6.94. The number of ether oxygens (including phenoxy) is 1. The van der Waals surface area contributed by atoms with Crippen molar-refractivity contribution >= 4 is 11.8 Å². The summed E-state index contributed by atoms with van der Waals surface area (Å²) in [6.45, 7) is 7.14. The lowest BCUT2D eigenvalue weighted by atomic mass is 9.96. The third kappa shape index (κ3) is 2.79. The summed E-state index contributed by atoms with van der Waals surface area (Å²) in [5.74, 6) is 0.708. The van der Waals surface area contributed by atoms with Crippen LogP contribution >= 0.6 is 0 Å². The molecule has 1 aromatic rings. The largest absolute Gasteiger partial charge is 0.461 e. The van der Waals surface area contributed by atoms with Crippen LogP contribution < -0.4 is 0 Å².